The number of hydrogen-bond donors (Lipinski definition) is 1. The SMILES string of the molecule is COc1ccc(CNc2nccn(-c3cccc(OC)c3)c2=O)cc1. The molecule has 3 aromatic rings. The molecular weight excluding hydrogens is 318 g/mol. The molecule has 0 bridgehead atoms. The third-order valence-electron chi connectivity index (χ3n) is 3.79. The van der Waals surface area contributed by atoms with Gasteiger partial charge in [-0.2, -0.15) is 0 Å². The van der Waals surface area contributed by atoms with Crippen molar-refractivity contribution in [2.75, 3.05) is 19.5 Å². The van der Waals surface area contributed by atoms with Crippen LogP contribution in [0.5, 0.6) is 11.5 Å². The molecule has 0 atom stereocenters. The van der Waals surface area contributed by atoms with Gasteiger partial charge in [0.05, 0.1) is 19.9 Å². The molecule has 0 amide bonds. The first-order chi connectivity index (χ1) is 12.2. The molecule has 3 rings (SSSR count). The third-order valence-corrected chi connectivity index (χ3v) is 3.79. The van der Waals surface area contributed by atoms with E-state index >= 15 is 0 Å². The first-order valence-electron chi connectivity index (χ1n) is 7.80. The average molecular weight is 337 g/mol. The zero-order valence-electron chi connectivity index (χ0n) is 14.1. The van der Waals surface area contributed by atoms with E-state index in [2.05, 4.69) is 10.3 Å². The minimum absolute atomic E-state index is 0.218. The highest BCUT2D eigenvalue weighted by Gasteiger charge is 2.07. The van der Waals surface area contributed by atoms with Gasteiger partial charge in [-0.25, -0.2) is 4.98 Å². The molecule has 0 aliphatic rings. The highest BCUT2D eigenvalue weighted by Crippen LogP contribution is 2.15. The number of ether oxygens (including phenoxy) is 2. The molecule has 1 N–H and O–H groups in total. The van der Waals surface area contributed by atoms with Crippen LogP contribution in [0.25, 0.3) is 5.69 Å². The summed E-state index contributed by atoms with van der Waals surface area (Å²) < 4.78 is 11.9. The number of hydrogen-bond acceptors (Lipinski definition) is 5. The van der Waals surface area contributed by atoms with E-state index in [1.54, 1.807) is 32.7 Å². The van der Waals surface area contributed by atoms with Crippen LogP contribution >= 0.6 is 0 Å². The summed E-state index contributed by atoms with van der Waals surface area (Å²) in [5, 5.41) is 3.09. The summed E-state index contributed by atoms with van der Waals surface area (Å²) in [5.74, 6) is 1.78. The number of anilines is 1. The van der Waals surface area contributed by atoms with E-state index in [1.165, 1.54) is 4.57 Å². The second-order valence-electron chi connectivity index (χ2n) is 5.35. The van der Waals surface area contributed by atoms with Crippen LogP contribution in [0.4, 0.5) is 5.82 Å². The monoisotopic (exact) mass is 337 g/mol. The van der Waals surface area contributed by atoms with Crippen LogP contribution in [0.2, 0.25) is 0 Å². The zero-order valence-corrected chi connectivity index (χ0v) is 14.1. The van der Waals surface area contributed by atoms with Crippen molar-refractivity contribution in [3.8, 4) is 17.2 Å². The van der Waals surface area contributed by atoms with E-state index in [0.29, 0.717) is 18.1 Å². The lowest BCUT2D eigenvalue weighted by Gasteiger charge is -2.10. The lowest BCUT2D eigenvalue weighted by Crippen LogP contribution is -2.23. The quantitative estimate of drug-likeness (QED) is 0.749. The number of methoxy groups -OCH3 is 2. The van der Waals surface area contributed by atoms with E-state index in [0.717, 1.165) is 17.0 Å². The van der Waals surface area contributed by atoms with Crippen LogP contribution in [0.3, 0.4) is 0 Å². The van der Waals surface area contributed by atoms with Gasteiger partial charge in [0.25, 0.3) is 5.56 Å². The fraction of sp³-hybridized carbons (Fsp3) is 0.158. The van der Waals surface area contributed by atoms with Crippen LogP contribution in [0.1, 0.15) is 5.56 Å². The molecule has 0 aliphatic heterocycles. The van der Waals surface area contributed by atoms with Crippen molar-refractivity contribution in [2.45, 2.75) is 6.54 Å². The molecule has 0 saturated heterocycles. The van der Waals surface area contributed by atoms with Crippen molar-refractivity contribution < 1.29 is 9.47 Å². The maximum absolute atomic E-state index is 12.7. The minimum Gasteiger partial charge on any atom is -0.497 e. The maximum atomic E-state index is 12.7. The van der Waals surface area contributed by atoms with Crippen molar-refractivity contribution in [1.29, 1.82) is 0 Å². The van der Waals surface area contributed by atoms with Crippen molar-refractivity contribution in [2.24, 2.45) is 0 Å². The molecule has 6 nitrogen and oxygen atoms in total. The van der Waals surface area contributed by atoms with Gasteiger partial charge in [-0.1, -0.05) is 18.2 Å². The summed E-state index contributed by atoms with van der Waals surface area (Å²) >= 11 is 0. The summed E-state index contributed by atoms with van der Waals surface area (Å²) in [6, 6.07) is 15.0. The maximum Gasteiger partial charge on any atom is 0.297 e. The lowest BCUT2D eigenvalue weighted by atomic mass is 10.2. The Morgan fingerprint density at radius 1 is 1.04 bits per heavy atom. The summed E-state index contributed by atoms with van der Waals surface area (Å²) in [5.41, 5.74) is 1.53. The van der Waals surface area contributed by atoms with Crippen molar-refractivity contribution >= 4 is 5.82 Å². The second kappa shape index (κ2) is 7.53. The highest BCUT2D eigenvalue weighted by atomic mass is 16.5. The second-order valence-corrected chi connectivity index (χ2v) is 5.35. The molecule has 1 heterocycles. The standard InChI is InChI=1S/C19H19N3O3/c1-24-16-8-6-14(7-9-16)13-21-18-19(23)22(11-10-20-18)15-4-3-5-17(12-15)25-2/h3-12H,13H2,1-2H3,(H,20,21). The van der Waals surface area contributed by atoms with Crippen molar-refractivity contribution in [3.63, 3.8) is 0 Å². The van der Waals surface area contributed by atoms with E-state index in [9.17, 15) is 4.79 Å². The van der Waals surface area contributed by atoms with Gasteiger partial charge in [0.1, 0.15) is 11.5 Å². The van der Waals surface area contributed by atoms with Gasteiger partial charge in [-0.05, 0) is 29.8 Å². The molecule has 25 heavy (non-hydrogen) atoms. The number of nitrogens with one attached hydrogen (secondary N) is 1. The molecule has 0 aliphatic carbocycles. The molecule has 6 heteroatoms. The molecule has 0 spiro atoms. The molecule has 1 aromatic heterocycles. The molecule has 0 radical (unpaired) electrons. The molecule has 128 valence electrons. The van der Waals surface area contributed by atoms with Crippen LogP contribution < -0.4 is 20.3 Å². The Labute approximate surface area is 145 Å². The lowest BCUT2D eigenvalue weighted by molar-refractivity contribution is 0.414. The van der Waals surface area contributed by atoms with Crippen molar-refractivity contribution in [1.82, 2.24) is 9.55 Å². The number of nitrogens with zero attached hydrogens (tertiary/aromatic N) is 2. The first-order valence-corrected chi connectivity index (χ1v) is 7.80. The number of benzene rings is 2. The van der Waals surface area contributed by atoms with Crippen LogP contribution in [0.15, 0.2) is 65.7 Å². The van der Waals surface area contributed by atoms with Crippen LogP contribution in [-0.2, 0) is 6.54 Å². The van der Waals surface area contributed by atoms with Gasteiger partial charge in [0.2, 0.25) is 0 Å². The van der Waals surface area contributed by atoms with E-state index in [-0.39, 0.29) is 5.56 Å². The smallest absolute Gasteiger partial charge is 0.297 e. The van der Waals surface area contributed by atoms with Crippen molar-refractivity contribution in [3.05, 3.63) is 76.8 Å². The summed E-state index contributed by atoms with van der Waals surface area (Å²) in [6.07, 6.45) is 3.23. The van der Waals surface area contributed by atoms with E-state index in [1.807, 2.05) is 42.5 Å². The van der Waals surface area contributed by atoms with Crippen LogP contribution in [0, 0.1) is 0 Å². The minimum atomic E-state index is -0.218. The molecular formula is C19H19N3O3. The summed E-state index contributed by atoms with van der Waals surface area (Å²) in [4.78, 5) is 16.8. The topological polar surface area (TPSA) is 65.4 Å². The fourth-order valence-corrected chi connectivity index (χ4v) is 2.43. The Morgan fingerprint density at radius 2 is 1.80 bits per heavy atom. The van der Waals surface area contributed by atoms with Crippen LogP contribution in [-0.4, -0.2) is 23.8 Å². The number of rotatable bonds is 6. The fourth-order valence-electron chi connectivity index (χ4n) is 2.43. The predicted octanol–water partition coefficient (Wildman–Crippen LogP) is 2.86. The normalized spacial score (nSPS) is 10.3. The van der Waals surface area contributed by atoms with Gasteiger partial charge in [0, 0.05) is 25.0 Å². The molecule has 0 saturated carbocycles. The highest BCUT2D eigenvalue weighted by molar-refractivity contribution is 5.42. The Hall–Kier alpha value is -3.28. The molecule has 0 unspecified atom stereocenters. The zero-order chi connectivity index (χ0) is 17.6. The summed E-state index contributed by atoms with van der Waals surface area (Å²) in [6.45, 7) is 0.494. The Balaban J connectivity index is 1.81. The van der Waals surface area contributed by atoms with E-state index < -0.39 is 0 Å². The Kier molecular flexibility index (Phi) is 4.99. The van der Waals surface area contributed by atoms with Gasteiger partial charge in [0.15, 0.2) is 5.82 Å². The molecule has 2 aromatic carbocycles. The predicted molar refractivity (Wildman–Crippen MR) is 96.7 cm³/mol. The van der Waals surface area contributed by atoms with Gasteiger partial charge < -0.3 is 14.8 Å². The van der Waals surface area contributed by atoms with Gasteiger partial charge in [-0.3, -0.25) is 9.36 Å². The largest absolute Gasteiger partial charge is 0.497 e. The average Bonchev–Trinajstić information content (AvgIpc) is 2.67. The summed E-state index contributed by atoms with van der Waals surface area (Å²) in [7, 11) is 3.22. The first kappa shape index (κ1) is 16.6. The van der Waals surface area contributed by atoms with Gasteiger partial charge >= 0.3 is 0 Å². The third kappa shape index (κ3) is 3.80. The number of aromatic nitrogens is 2. The Morgan fingerprint density at radius 3 is 2.52 bits per heavy atom. The van der Waals surface area contributed by atoms with Gasteiger partial charge in [-0.15, -0.1) is 0 Å². The Bertz CT molecular complexity index is 904. The molecule has 0 fully saturated rings. The van der Waals surface area contributed by atoms with E-state index in [4.69, 9.17) is 9.47 Å².